The van der Waals surface area contributed by atoms with Gasteiger partial charge in [0.1, 0.15) is 11.4 Å². The zero-order chi connectivity index (χ0) is 17.4. The summed E-state index contributed by atoms with van der Waals surface area (Å²) in [4.78, 5) is 12.2. The highest BCUT2D eigenvalue weighted by Crippen LogP contribution is 2.49. The Morgan fingerprint density at radius 3 is 2.83 bits per heavy atom. The molecule has 0 aromatic heterocycles. The number of nitrogens with one attached hydrogen (secondary N) is 1. The zero-order valence-corrected chi connectivity index (χ0v) is 15.7. The number of benzene rings is 1. The predicted molar refractivity (Wildman–Crippen MR) is 95.5 cm³/mol. The van der Waals surface area contributed by atoms with Gasteiger partial charge in [-0.1, -0.05) is 22.5 Å². The molecule has 1 aliphatic heterocycles. The molecule has 1 N–H and O–H groups in total. The summed E-state index contributed by atoms with van der Waals surface area (Å²) in [5, 5.41) is 3.88. The first kappa shape index (κ1) is 17.5. The summed E-state index contributed by atoms with van der Waals surface area (Å²) in [6.45, 7) is 3.26. The lowest BCUT2D eigenvalue weighted by molar-refractivity contribution is -0.122. The van der Waals surface area contributed by atoms with Crippen LogP contribution in [0.4, 0.5) is 0 Å². The van der Waals surface area contributed by atoms with E-state index in [0.717, 1.165) is 46.9 Å². The van der Waals surface area contributed by atoms with Crippen LogP contribution in [0.2, 0.25) is 0 Å². The number of ether oxygens (including phenoxy) is 1. The summed E-state index contributed by atoms with van der Waals surface area (Å²) >= 11 is 3.45. The number of hydrogen-bond donors (Lipinski definition) is 1. The van der Waals surface area contributed by atoms with Crippen molar-refractivity contribution >= 4 is 31.7 Å². The van der Waals surface area contributed by atoms with Gasteiger partial charge in [0.2, 0.25) is 5.91 Å². The molecular formula is C17H20BrNO4S. The highest BCUT2D eigenvalue weighted by Gasteiger charge is 2.45. The van der Waals surface area contributed by atoms with Crippen molar-refractivity contribution < 1.29 is 17.9 Å². The van der Waals surface area contributed by atoms with Crippen molar-refractivity contribution in [3.63, 3.8) is 0 Å². The standard InChI is InChI=1S/C17H20BrNO4S/c1-2-24(21,22)9-6-16(20)19-14-11-17(7-3-8-17)23-15-5-4-12(18)10-13(14)15/h2,4-5,10,14H,1,3,6-9,11H2,(H,19,20). The molecule has 130 valence electrons. The van der Waals surface area contributed by atoms with Crippen molar-refractivity contribution in [2.24, 2.45) is 0 Å². The molecule has 7 heteroatoms. The van der Waals surface area contributed by atoms with Crippen LogP contribution in [-0.4, -0.2) is 25.7 Å². The van der Waals surface area contributed by atoms with E-state index in [0.29, 0.717) is 0 Å². The first-order chi connectivity index (χ1) is 11.3. The molecule has 0 saturated heterocycles. The van der Waals surface area contributed by atoms with Crippen LogP contribution in [0, 0.1) is 0 Å². The number of fused-ring (bicyclic) bond motifs is 1. The Morgan fingerprint density at radius 1 is 1.46 bits per heavy atom. The number of rotatable bonds is 5. The highest BCUT2D eigenvalue weighted by molar-refractivity contribution is 9.10. The third-order valence-electron chi connectivity index (χ3n) is 4.72. The lowest BCUT2D eigenvalue weighted by atomic mass is 9.73. The summed E-state index contributed by atoms with van der Waals surface area (Å²) < 4.78 is 30.0. The molecule has 1 unspecified atom stereocenters. The number of carbonyl (C=O) groups excluding carboxylic acids is 1. The Kier molecular flexibility index (Phi) is 4.75. The van der Waals surface area contributed by atoms with Gasteiger partial charge in [-0.3, -0.25) is 4.79 Å². The number of carbonyl (C=O) groups is 1. The molecule has 1 amide bonds. The van der Waals surface area contributed by atoms with Crippen LogP contribution in [0.25, 0.3) is 0 Å². The van der Waals surface area contributed by atoms with Gasteiger partial charge in [-0.25, -0.2) is 8.42 Å². The van der Waals surface area contributed by atoms with Gasteiger partial charge in [0.25, 0.3) is 0 Å². The Bertz CT molecular complexity index is 771. The van der Waals surface area contributed by atoms with E-state index < -0.39 is 9.84 Å². The molecule has 1 aromatic carbocycles. The van der Waals surface area contributed by atoms with Crippen LogP contribution in [-0.2, 0) is 14.6 Å². The summed E-state index contributed by atoms with van der Waals surface area (Å²) in [7, 11) is -3.37. The van der Waals surface area contributed by atoms with Crippen molar-refractivity contribution in [2.45, 2.75) is 43.7 Å². The molecule has 1 spiro atoms. The lowest BCUT2D eigenvalue weighted by Crippen LogP contribution is -2.49. The number of sulfone groups is 1. The molecule has 1 atom stereocenters. The minimum atomic E-state index is -3.37. The molecule has 0 bridgehead atoms. The van der Waals surface area contributed by atoms with Crippen molar-refractivity contribution in [1.29, 1.82) is 0 Å². The molecular weight excluding hydrogens is 394 g/mol. The maximum absolute atomic E-state index is 12.2. The fraction of sp³-hybridized carbons (Fsp3) is 0.471. The molecule has 1 saturated carbocycles. The Morgan fingerprint density at radius 2 is 2.21 bits per heavy atom. The molecule has 1 fully saturated rings. The van der Waals surface area contributed by atoms with Crippen molar-refractivity contribution in [2.75, 3.05) is 5.75 Å². The van der Waals surface area contributed by atoms with Crippen LogP contribution in [0.5, 0.6) is 5.75 Å². The zero-order valence-electron chi connectivity index (χ0n) is 13.3. The first-order valence-corrected chi connectivity index (χ1v) is 10.5. The van der Waals surface area contributed by atoms with Gasteiger partial charge in [0, 0.05) is 28.3 Å². The highest BCUT2D eigenvalue weighted by atomic mass is 79.9. The average molecular weight is 414 g/mol. The molecule has 0 radical (unpaired) electrons. The molecule has 1 heterocycles. The topological polar surface area (TPSA) is 72.5 Å². The third-order valence-corrected chi connectivity index (χ3v) is 6.49. The maximum Gasteiger partial charge on any atom is 0.221 e. The molecule has 5 nitrogen and oxygen atoms in total. The van der Waals surface area contributed by atoms with Crippen LogP contribution < -0.4 is 10.1 Å². The number of hydrogen-bond acceptors (Lipinski definition) is 4. The van der Waals surface area contributed by atoms with Gasteiger partial charge >= 0.3 is 0 Å². The van der Waals surface area contributed by atoms with Crippen LogP contribution in [0.1, 0.15) is 43.7 Å². The van der Waals surface area contributed by atoms with Crippen molar-refractivity contribution in [1.82, 2.24) is 5.32 Å². The van der Waals surface area contributed by atoms with Gasteiger partial charge in [0.05, 0.1) is 11.8 Å². The van der Waals surface area contributed by atoms with E-state index in [1.165, 1.54) is 0 Å². The molecule has 3 rings (SSSR count). The van der Waals surface area contributed by atoms with Crippen molar-refractivity contribution in [3.05, 3.63) is 40.2 Å². The molecule has 2 aliphatic rings. The van der Waals surface area contributed by atoms with E-state index >= 15 is 0 Å². The van der Waals surface area contributed by atoms with Gasteiger partial charge in [0.15, 0.2) is 9.84 Å². The van der Waals surface area contributed by atoms with E-state index in [1.807, 2.05) is 18.2 Å². The average Bonchev–Trinajstić information content (AvgIpc) is 2.52. The van der Waals surface area contributed by atoms with Gasteiger partial charge in [-0.05, 0) is 37.5 Å². The number of halogens is 1. The van der Waals surface area contributed by atoms with Gasteiger partial charge in [-0.15, -0.1) is 0 Å². The van der Waals surface area contributed by atoms with Crippen LogP contribution >= 0.6 is 15.9 Å². The summed E-state index contributed by atoms with van der Waals surface area (Å²) in [5.74, 6) is 0.308. The largest absolute Gasteiger partial charge is 0.487 e. The Hall–Kier alpha value is -1.34. The summed E-state index contributed by atoms with van der Waals surface area (Å²) in [5.41, 5.74) is 0.744. The Balaban J connectivity index is 1.75. The molecule has 24 heavy (non-hydrogen) atoms. The lowest BCUT2D eigenvalue weighted by Gasteiger charge is -2.48. The monoisotopic (exact) mass is 413 g/mol. The van der Waals surface area contributed by atoms with Gasteiger partial charge < -0.3 is 10.1 Å². The second kappa shape index (κ2) is 6.52. The van der Waals surface area contributed by atoms with E-state index in [4.69, 9.17) is 4.74 Å². The van der Waals surface area contributed by atoms with E-state index in [1.54, 1.807) is 0 Å². The van der Waals surface area contributed by atoms with E-state index in [9.17, 15) is 13.2 Å². The minimum Gasteiger partial charge on any atom is -0.487 e. The first-order valence-electron chi connectivity index (χ1n) is 7.96. The van der Waals surface area contributed by atoms with Crippen molar-refractivity contribution in [3.8, 4) is 5.75 Å². The third kappa shape index (κ3) is 3.67. The SMILES string of the molecule is C=CS(=O)(=O)CCC(=O)NC1CC2(CCC2)Oc2ccc(Br)cc21. The predicted octanol–water partition coefficient (Wildman–Crippen LogP) is 3.26. The van der Waals surface area contributed by atoms with E-state index in [2.05, 4.69) is 27.8 Å². The maximum atomic E-state index is 12.2. The number of amides is 1. The van der Waals surface area contributed by atoms with Gasteiger partial charge in [-0.2, -0.15) is 0 Å². The smallest absolute Gasteiger partial charge is 0.221 e. The van der Waals surface area contributed by atoms with Crippen LogP contribution in [0.3, 0.4) is 0 Å². The Labute approximate surface area is 150 Å². The summed E-state index contributed by atoms with van der Waals surface area (Å²) in [6.07, 6.45) is 3.75. The second-order valence-electron chi connectivity index (χ2n) is 6.43. The fourth-order valence-electron chi connectivity index (χ4n) is 3.23. The normalized spacial score (nSPS) is 21.3. The second-order valence-corrected chi connectivity index (χ2v) is 9.41. The quantitative estimate of drug-likeness (QED) is 0.803. The fourth-order valence-corrected chi connectivity index (χ4v) is 4.25. The van der Waals surface area contributed by atoms with Crippen LogP contribution in [0.15, 0.2) is 34.7 Å². The molecule has 1 aromatic rings. The summed E-state index contributed by atoms with van der Waals surface area (Å²) in [6, 6.07) is 5.63. The van der Waals surface area contributed by atoms with E-state index in [-0.39, 0.29) is 29.7 Å². The molecule has 1 aliphatic carbocycles. The minimum absolute atomic E-state index is 0.0674.